The molecule has 0 saturated heterocycles. The quantitative estimate of drug-likeness (QED) is 0.842. The second kappa shape index (κ2) is 6.18. The van der Waals surface area contributed by atoms with E-state index in [2.05, 4.69) is 10.1 Å². The molecule has 2 aromatic carbocycles. The van der Waals surface area contributed by atoms with Gasteiger partial charge in [0, 0.05) is 11.3 Å². The normalized spacial score (nSPS) is 13.6. The molecule has 0 atom stereocenters. The number of rotatable bonds is 3. The van der Waals surface area contributed by atoms with E-state index >= 15 is 0 Å². The number of halogens is 3. The average Bonchev–Trinajstić information content (AvgIpc) is 2.87. The van der Waals surface area contributed by atoms with Gasteiger partial charge in [-0.15, -0.1) is 13.2 Å². The first-order valence-electron chi connectivity index (χ1n) is 6.91. The van der Waals surface area contributed by atoms with Gasteiger partial charge in [0.2, 0.25) is 0 Å². The number of amides is 1. The van der Waals surface area contributed by atoms with E-state index in [0.29, 0.717) is 17.8 Å². The summed E-state index contributed by atoms with van der Waals surface area (Å²) in [4.78, 5) is 12.1. The average molecular weight is 337 g/mol. The van der Waals surface area contributed by atoms with E-state index in [9.17, 15) is 23.0 Å². The number of hydrogen-bond donors (Lipinski definition) is 2. The summed E-state index contributed by atoms with van der Waals surface area (Å²) < 4.78 is 45.1. The summed E-state index contributed by atoms with van der Waals surface area (Å²) in [5.74, 6) is -0.904. The van der Waals surface area contributed by atoms with Crippen LogP contribution in [-0.2, 0) is 11.3 Å². The lowest BCUT2D eigenvalue weighted by molar-refractivity contribution is -0.274. The molecule has 0 bridgehead atoms. The Balaban J connectivity index is 1.70. The Kier molecular flexibility index (Phi) is 4.21. The molecule has 0 saturated carbocycles. The maximum absolute atomic E-state index is 12.1. The zero-order chi connectivity index (χ0) is 17.3. The minimum absolute atomic E-state index is 0.168. The van der Waals surface area contributed by atoms with Crippen LogP contribution in [0.3, 0.4) is 0 Å². The first kappa shape index (κ1) is 16.3. The van der Waals surface area contributed by atoms with Crippen molar-refractivity contribution in [2.75, 3.05) is 5.32 Å². The molecule has 1 aliphatic rings. The monoisotopic (exact) mass is 337 g/mol. The van der Waals surface area contributed by atoms with Crippen molar-refractivity contribution in [2.45, 2.75) is 13.0 Å². The molecule has 124 valence electrons. The van der Waals surface area contributed by atoms with Gasteiger partial charge in [-0.05, 0) is 47.4 Å². The highest BCUT2D eigenvalue weighted by atomic mass is 19.4. The van der Waals surface area contributed by atoms with E-state index in [1.165, 1.54) is 12.1 Å². The lowest BCUT2D eigenvalue weighted by Gasteiger charge is -2.10. The molecule has 0 fully saturated rings. The predicted octanol–water partition coefficient (Wildman–Crippen LogP) is 2.06. The van der Waals surface area contributed by atoms with Gasteiger partial charge < -0.3 is 19.7 Å². The van der Waals surface area contributed by atoms with Gasteiger partial charge in [-0.1, -0.05) is 6.07 Å². The number of anilines is 1. The Morgan fingerprint density at radius 2 is 1.92 bits per heavy atom. The summed E-state index contributed by atoms with van der Waals surface area (Å²) in [6.07, 6.45) is -4.78. The van der Waals surface area contributed by atoms with Crippen LogP contribution in [0, 0.1) is 0 Å². The Morgan fingerprint density at radius 1 is 1.21 bits per heavy atom. The second-order valence-electron chi connectivity index (χ2n) is 5.10. The molecule has 1 heterocycles. The molecule has 1 amide bonds. The van der Waals surface area contributed by atoms with Gasteiger partial charge in [0.1, 0.15) is 5.75 Å². The third kappa shape index (κ3) is 3.69. The topological polar surface area (TPSA) is 67.8 Å². The smallest absolute Gasteiger partial charge is 0.423 e. The minimum atomic E-state index is -4.78. The first-order chi connectivity index (χ1) is 11.3. The molecule has 0 spiro atoms. The number of carbonyl (C=O) groups is 1. The highest BCUT2D eigenvalue weighted by molar-refractivity contribution is 6.61. The molecule has 1 aliphatic heterocycles. The third-order valence-corrected chi connectivity index (χ3v) is 3.42. The van der Waals surface area contributed by atoms with Gasteiger partial charge in [0.05, 0.1) is 6.61 Å². The van der Waals surface area contributed by atoms with E-state index < -0.39 is 25.1 Å². The molecule has 3 rings (SSSR count). The van der Waals surface area contributed by atoms with Crippen LogP contribution in [0.1, 0.15) is 15.9 Å². The predicted molar refractivity (Wildman–Crippen MR) is 79.9 cm³/mol. The zero-order valence-electron chi connectivity index (χ0n) is 12.1. The van der Waals surface area contributed by atoms with Crippen LogP contribution in [0.15, 0.2) is 42.5 Å². The summed E-state index contributed by atoms with van der Waals surface area (Å²) in [7, 11) is -1.03. The fraction of sp³-hybridized carbons (Fsp3) is 0.133. The molecule has 9 heteroatoms. The van der Waals surface area contributed by atoms with Crippen molar-refractivity contribution in [3.63, 3.8) is 0 Å². The molecule has 24 heavy (non-hydrogen) atoms. The molecule has 0 unspecified atom stereocenters. The van der Waals surface area contributed by atoms with Crippen LogP contribution in [0.2, 0.25) is 0 Å². The van der Waals surface area contributed by atoms with Crippen molar-refractivity contribution >= 4 is 24.2 Å². The molecular weight excluding hydrogens is 326 g/mol. The highest BCUT2D eigenvalue weighted by Gasteiger charge is 2.31. The minimum Gasteiger partial charge on any atom is -0.423 e. The van der Waals surface area contributed by atoms with Gasteiger partial charge in [-0.2, -0.15) is 0 Å². The number of hydrogen-bond acceptors (Lipinski definition) is 4. The van der Waals surface area contributed by atoms with Crippen LogP contribution in [-0.4, -0.2) is 24.4 Å². The second-order valence-corrected chi connectivity index (χ2v) is 5.10. The lowest BCUT2D eigenvalue weighted by atomic mass is 9.79. The molecule has 0 aromatic heterocycles. The molecule has 2 N–H and O–H groups in total. The molecular formula is C15H11BF3NO4. The molecule has 0 radical (unpaired) electrons. The van der Waals surface area contributed by atoms with E-state index in [1.807, 2.05) is 0 Å². The number of alkyl halides is 3. The van der Waals surface area contributed by atoms with Crippen molar-refractivity contribution < 1.29 is 32.4 Å². The van der Waals surface area contributed by atoms with Crippen molar-refractivity contribution in [2.24, 2.45) is 0 Å². The molecule has 2 aromatic rings. The van der Waals surface area contributed by atoms with E-state index in [1.54, 1.807) is 18.2 Å². The van der Waals surface area contributed by atoms with Crippen molar-refractivity contribution in [1.29, 1.82) is 0 Å². The standard InChI is InChI=1S/C15H11BF3NO4/c17-15(18,19)24-12-5-2-9(3-6-12)14(21)20-11-4-1-10-8-23-16(22)13(10)7-11/h1-7,22H,8H2,(H,20,21). The van der Waals surface area contributed by atoms with Crippen molar-refractivity contribution in [3.05, 3.63) is 53.6 Å². The largest absolute Gasteiger partial charge is 0.573 e. The maximum atomic E-state index is 12.1. The van der Waals surface area contributed by atoms with Crippen LogP contribution in [0.5, 0.6) is 5.75 Å². The number of benzene rings is 2. The van der Waals surface area contributed by atoms with Gasteiger partial charge >= 0.3 is 13.5 Å². The lowest BCUT2D eigenvalue weighted by Crippen LogP contribution is -2.28. The van der Waals surface area contributed by atoms with Crippen LogP contribution in [0.25, 0.3) is 0 Å². The number of fused-ring (bicyclic) bond motifs is 1. The third-order valence-electron chi connectivity index (χ3n) is 3.42. The van der Waals surface area contributed by atoms with Gasteiger partial charge in [-0.25, -0.2) is 0 Å². The summed E-state index contributed by atoms with van der Waals surface area (Å²) in [6.45, 7) is 0.297. The van der Waals surface area contributed by atoms with Crippen molar-refractivity contribution in [3.8, 4) is 5.75 Å². The Bertz CT molecular complexity index is 764. The fourth-order valence-corrected chi connectivity index (χ4v) is 2.30. The van der Waals surface area contributed by atoms with E-state index in [0.717, 1.165) is 17.7 Å². The zero-order valence-corrected chi connectivity index (χ0v) is 12.1. The van der Waals surface area contributed by atoms with Gasteiger partial charge in [-0.3, -0.25) is 4.79 Å². The van der Waals surface area contributed by atoms with E-state index in [4.69, 9.17) is 4.65 Å². The summed E-state index contributed by atoms with van der Waals surface area (Å²) in [5.41, 5.74) is 2.01. The highest BCUT2D eigenvalue weighted by Crippen LogP contribution is 2.23. The summed E-state index contributed by atoms with van der Waals surface area (Å²) in [6, 6.07) is 9.53. The Labute approximate surface area is 135 Å². The van der Waals surface area contributed by atoms with Crippen LogP contribution < -0.4 is 15.5 Å². The van der Waals surface area contributed by atoms with Crippen molar-refractivity contribution in [1.82, 2.24) is 0 Å². The van der Waals surface area contributed by atoms with Crippen LogP contribution in [0.4, 0.5) is 18.9 Å². The number of nitrogens with one attached hydrogen (secondary N) is 1. The van der Waals surface area contributed by atoms with Crippen LogP contribution >= 0.6 is 0 Å². The number of carbonyl (C=O) groups excluding carboxylic acids is 1. The Hall–Kier alpha value is -2.52. The summed E-state index contributed by atoms with van der Waals surface area (Å²) in [5, 5.41) is 12.2. The van der Waals surface area contributed by atoms with Gasteiger partial charge in [0.25, 0.3) is 5.91 Å². The maximum Gasteiger partial charge on any atom is 0.573 e. The van der Waals surface area contributed by atoms with E-state index in [-0.39, 0.29) is 5.56 Å². The van der Waals surface area contributed by atoms with Gasteiger partial charge in [0.15, 0.2) is 0 Å². The fourth-order valence-electron chi connectivity index (χ4n) is 2.30. The first-order valence-corrected chi connectivity index (χ1v) is 6.91. The Morgan fingerprint density at radius 3 is 2.58 bits per heavy atom. The SMILES string of the molecule is O=C(Nc1ccc2c(c1)B(O)OC2)c1ccc(OC(F)(F)F)cc1. The number of ether oxygens (including phenoxy) is 1. The molecule has 0 aliphatic carbocycles. The summed E-state index contributed by atoms with van der Waals surface area (Å²) >= 11 is 0. The molecule has 5 nitrogen and oxygen atoms in total.